The summed E-state index contributed by atoms with van der Waals surface area (Å²) < 4.78 is 19.6. The van der Waals surface area contributed by atoms with Gasteiger partial charge in [-0.1, -0.05) is 121 Å². The van der Waals surface area contributed by atoms with Crippen molar-refractivity contribution in [3.63, 3.8) is 0 Å². The first kappa shape index (κ1) is 29.9. The third kappa shape index (κ3) is 4.58. The van der Waals surface area contributed by atoms with Gasteiger partial charge in [-0.2, -0.15) is 0 Å². The van der Waals surface area contributed by atoms with E-state index < -0.39 is 0 Å². The highest BCUT2D eigenvalue weighted by Gasteiger charge is 2.23. The van der Waals surface area contributed by atoms with Crippen LogP contribution in [0.4, 0.5) is 0 Å². The largest absolute Gasteiger partial charge is 0.456 e. The van der Waals surface area contributed by atoms with Crippen LogP contribution < -0.4 is 0 Å². The van der Waals surface area contributed by atoms with Crippen LogP contribution in [0.3, 0.4) is 0 Å². The molecule has 0 radical (unpaired) electrons. The normalized spacial score (nSPS) is 12.0. The lowest BCUT2D eigenvalue weighted by atomic mass is 9.96. The van der Waals surface area contributed by atoms with Crippen LogP contribution >= 0.6 is 0 Å². The molecule has 0 aliphatic rings. The molecule has 0 spiro atoms. The number of furan rings is 3. The van der Waals surface area contributed by atoms with Gasteiger partial charge in [0.25, 0.3) is 0 Å². The maximum absolute atomic E-state index is 6.60. The molecule has 0 atom stereocenters. The molecule has 256 valence electrons. The molecule has 6 nitrogen and oxygen atoms in total. The Kier molecular flexibility index (Phi) is 6.24. The molecule has 0 aliphatic heterocycles. The van der Waals surface area contributed by atoms with Crippen molar-refractivity contribution in [1.82, 2.24) is 15.0 Å². The summed E-state index contributed by atoms with van der Waals surface area (Å²) in [5, 5.41) is 8.34. The Bertz CT molecular complexity index is 3520. The number of benzene rings is 8. The van der Waals surface area contributed by atoms with E-state index in [2.05, 4.69) is 91.0 Å². The van der Waals surface area contributed by atoms with Crippen LogP contribution in [0.15, 0.2) is 177 Å². The van der Waals surface area contributed by atoms with E-state index in [4.69, 9.17) is 28.2 Å². The second kappa shape index (κ2) is 11.5. The molecule has 6 heteroatoms. The van der Waals surface area contributed by atoms with Crippen molar-refractivity contribution in [3.05, 3.63) is 164 Å². The number of rotatable bonds is 4. The minimum Gasteiger partial charge on any atom is -0.456 e. The zero-order valence-corrected chi connectivity index (χ0v) is 29.2. The zero-order valence-electron chi connectivity index (χ0n) is 29.2. The molecule has 0 N–H and O–H groups in total. The van der Waals surface area contributed by atoms with Gasteiger partial charge in [0, 0.05) is 49.0 Å². The molecular formula is C49H27N3O3. The molecule has 4 heterocycles. The minimum atomic E-state index is 0.517. The summed E-state index contributed by atoms with van der Waals surface area (Å²) >= 11 is 0. The molecule has 12 aromatic rings. The smallest absolute Gasteiger partial charge is 0.167 e. The number of nitrogens with zero attached hydrogens (tertiary/aromatic N) is 3. The minimum absolute atomic E-state index is 0.517. The van der Waals surface area contributed by atoms with Crippen molar-refractivity contribution in [3.8, 4) is 45.3 Å². The van der Waals surface area contributed by atoms with Crippen LogP contribution in [0.5, 0.6) is 0 Å². The number of para-hydroxylation sites is 5. The molecule has 0 unspecified atom stereocenters. The van der Waals surface area contributed by atoms with E-state index in [1.165, 1.54) is 0 Å². The first-order chi connectivity index (χ1) is 27.2. The van der Waals surface area contributed by atoms with Gasteiger partial charge in [0.1, 0.15) is 33.5 Å². The van der Waals surface area contributed by atoms with Crippen molar-refractivity contribution < 1.29 is 13.3 Å². The van der Waals surface area contributed by atoms with Crippen molar-refractivity contribution in [2.24, 2.45) is 0 Å². The van der Waals surface area contributed by atoms with E-state index in [9.17, 15) is 0 Å². The van der Waals surface area contributed by atoms with Crippen molar-refractivity contribution >= 4 is 76.6 Å². The molecule has 0 amide bonds. The lowest BCUT2D eigenvalue weighted by Gasteiger charge is -2.12. The van der Waals surface area contributed by atoms with Crippen LogP contribution in [-0.2, 0) is 0 Å². The maximum atomic E-state index is 6.60. The van der Waals surface area contributed by atoms with Crippen molar-refractivity contribution in [1.29, 1.82) is 0 Å². The van der Waals surface area contributed by atoms with Crippen LogP contribution in [0.25, 0.3) is 122 Å². The van der Waals surface area contributed by atoms with Crippen LogP contribution in [0, 0.1) is 0 Å². The molecule has 0 saturated heterocycles. The molecular weight excluding hydrogens is 679 g/mol. The average molecular weight is 706 g/mol. The van der Waals surface area contributed by atoms with Gasteiger partial charge in [0.15, 0.2) is 17.5 Å². The van der Waals surface area contributed by atoms with Crippen LogP contribution in [-0.4, -0.2) is 15.0 Å². The summed E-state index contributed by atoms with van der Waals surface area (Å²) in [5.74, 6) is 1.60. The molecule has 8 aromatic carbocycles. The van der Waals surface area contributed by atoms with Gasteiger partial charge >= 0.3 is 0 Å². The molecule has 0 bridgehead atoms. The second-order valence-corrected chi connectivity index (χ2v) is 13.9. The lowest BCUT2D eigenvalue weighted by molar-refractivity contribution is 0.668. The summed E-state index contributed by atoms with van der Waals surface area (Å²) in [6.45, 7) is 0. The Morgan fingerprint density at radius 1 is 0.309 bits per heavy atom. The Labute approximate surface area is 312 Å². The molecule has 0 saturated carbocycles. The molecule has 0 fully saturated rings. The highest BCUT2D eigenvalue weighted by atomic mass is 16.3. The monoisotopic (exact) mass is 705 g/mol. The Hall–Kier alpha value is -7.57. The molecule has 12 rings (SSSR count). The summed E-state index contributed by atoms with van der Waals surface area (Å²) in [7, 11) is 0. The van der Waals surface area contributed by atoms with Crippen molar-refractivity contribution in [2.45, 2.75) is 0 Å². The third-order valence-corrected chi connectivity index (χ3v) is 10.7. The van der Waals surface area contributed by atoms with E-state index in [1.807, 2.05) is 72.8 Å². The van der Waals surface area contributed by atoms with E-state index in [1.54, 1.807) is 0 Å². The van der Waals surface area contributed by atoms with Gasteiger partial charge in [0.05, 0.1) is 5.56 Å². The molecule has 4 aromatic heterocycles. The van der Waals surface area contributed by atoms with Gasteiger partial charge < -0.3 is 13.3 Å². The highest BCUT2D eigenvalue weighted by Crippen LogP contribution is 2.43. The first-order valence-corrected chi connectivity index (χ1v) is 18.3. The van der Waals surface area contributed by atoms with Gasteiger partial charge in [-0.25, -0.2) is 15.0 Å². The van der Waals surface area contributed by atoms with Crippen LogP contribution in [0.2, 0.25) is 0 Å². The first-order valence-electron chi connectivity index (χ1n) is 18.3. The second-order valence-electron chi connectivity index (χ2n) is 13.9. The Morgan fingerprint density at radius 3 is 1.58 bits per heavy atom. The SMILES string of the molecule is c1ccc2cc(-c3nc(-c4cccc5c4oc4ccccc45)nc(-c4cc(-c5cccc6c5oc5ccccc56)cc5oc6ccccc6c45)n3)ccc2c1. The average Bonchev–Trinajstić information content (AvgIpc) is 3.94. The predicted molar refractivity (Wildman–Crippen MR) is 221 cm³/mol. The standard InChI is InChI=1S/C49H27N3O3/c1-2-12-29-25-30(24-23-28(29)11-1)47-50-48(38-19-10-18-36-34-14-4-7-21-41(34)55-46(36)38)52-49(51-47)39-26-31(27-43-44(39)37-15-5-8-22-42(37)53-43)32-16-9-17-35-33-13-3-6-20-40(33)54-45(32)35/h1-27H. The van der Waals surface area contributed by atoms with E-state index >= 15 is 0 Å². The fraction of sp³-hybridized carbons (Fsp3) is 0. The molecule has 55 heavy (non-hydrogen) atoms. The number of aromatic nitrogens is 3. The summed E-state index contributed by atoms with van der Waals surface area (Å²) in [5.41, 5.74) is 9.10. The van der Waals surface area contributed by atoms with Crippen LogP contribution in [0.1, 0.15) is 0 Å². The summed E-state index contributed by atoms with van der Waals surface area (Å²) in [6, 6.07) is 55.7. The topological polar surface area (TPSA) is 78.1 Å². The highest BCUT2D eigenvalue weighted by molar-refractivity contribution is 6.15. The quantitative estimate of drug-likeness (QED) is 0.181. The number of fused-ring (bicyclic) bond motifs is 10. The Balaban J connectivity index is 1.17. The van der Waals surface area contributed by atoms with Gasteiger partial charge in [0.2, 0.25) is 0 Å². The van der Waals surface area contributed by atoms with E-state index in [0.717, 1.165) is 104 Å². The summed E-state index contributed by atoms with van der Waals surface area (Å²) in [4.78, 5) is 15.8. The third-order valence-electron chi connectivity index (χ3n) is 10.7. The lowest BCUT2D eigenvalue weighted by Crippen LogP contribution is -2.01. The predicted octanol–water partition coefficient (Wildman–Crippen LogP) is 13.4. The number of hydrogen-bond donors (Lipinski definition) is 0. The van der Waals surface area contributed by atoms with E-state index in [0.29, 0.717) is 17.5 Å². The fourth-order valence-electron chi connectivity index (χ4n) is 8.16. The summed E-state index contributed by atoms with van der Waals surface area (Å²) in [6.07, 6.45) is 0. The van der Waals surface area contributed by atoms with Gasteiger partial charge in [-0.3, -0.25) is 0 Å². The number of hydrogen-bond acceptors (Lipinski definition) is 6. The van der Waals surface area contributed by atoms with Gasteiger partial charge in [-0.05, 0) is 58.8 Å². The fourth-order valence-corrected chi connectivity index (χ4v) is 8.16. The molecule has 0 aliphatic carbocycles. The maximum Gasteiger partial charge on any atom is 0.167 e. The van der Waals surface area contributed by atoms with Gasteiger partial charge in [-0.15, -0.1) is 0 Å². The van der Waals surface area contributed by atoms with Crippen molar-refractivity contribution in [2.75, 3.05) is 0 Å². The zero-order chi connectivity index (χ0) is 36.0. The Morgan fingerprint density at radius 2 is 0.855 bits per heavy atom. The van der Waals surface area contributed by atoms with E-state index in [-0.39, 0.29) is 0 Å².